The number of aromatic nitrogens is 2. The van der Waals surface area contributed by atoms with Crippen LogP contribution in [0, 0.1) is 18.2 Å². The summed E-state index contributed by atoms with van der Waals surface area (Å²) in [6.07, 6.45) is 1.59. The molecular weight excluding hydrogens is 301 g/mol. The van der Waals surface area contributed by atoms with Crippen molar-refractivity contribution in [3.8, 4) is 5.69 Å². The molecule has 7 heteroatoms. The molecule has 0 aliphatic rings. The number of benzene rings is 1. The lowest BCUT2D eigenvalue weighted by Gasteiger charge is -2.18. The average Bonchev–Trinajstić information content (AvgIpc) is 2.94. The zero-order valence-corrected chi connectivity index (χ0v) is 13.1. The number of rotatable bonds is 5. The summed E-state index contributed by atoms with van der Waals surface area (Å²) in [5.74, 6) is -1.80. The third kappa shape index (κ3) is 3.74. The van der Waals surface area contributed by atoms with E-state index in [2.05, 4.69) is 10.4 Å². The number of aliphatic carboxylic acids is 1. The van der Waals surface area contributed by atoms with Crippen LogP contribution in [0.4, 0.5) is 4.39 Å². The highest BCUT2D eigenvalue weighted by Gasteiger charge is 2.28. The van der Waals surface area contributed by atoms with Gasteiger partial charge in [-0.25, -0.2) is 9.07 Å². The molecule has 0 radical (unpaired) electrons. The Morgan fingerprint density at radius 2 is 2.04 bits per heavy atom. The van der Waals surface area contributed by atoms with Crippen LogP contribution in [0.2, 0.25) is 0 Å². The van der Waals surface area contributed by atoms with Gasteiger partial charge in [-0.05, 0) is 50.6 Å². The number of amides is 1. The fraction of sp³-hybridized carbons (Fsp3) is 0.312. The molecule has 6 nitrogen and oxygen atoms in total. The molecule has 0 bridgehead atoms. The number of carboxylic acids is 1. The maximum atomic E-state index is 13.1. The predicted octanol–water partition coefficient (Wildman–Crippen LogP) is 2.16. The Hall–Kier alpha value is -2.70. The van der Waals surface area contributed by atoms with Crippen molar-refractivity contribution in [2.75, 3.05) is 6.54 Å². The normalized spacial score (nSPS) is 11.3. The van der Waals surface area contributed by atoms with Gasteiger partial charge in [0.25, 0.3) is 5.91 Å². The Labute approximate surface area is 132 Å². The number of hydrogen-bond acceptors (Lipinski definition) is 3. The van der Waals surface area contributed by atoms with Gasteiger partial charge in [0.05, 0.1) is 11.1 Å². The van der Waals surface area contributed by atoms with Crippen molar-refractivity contribution in [1.29, 1.82) is 0 Å². The molecular formula is C16H18FN3O3. The summed E-state index contributed by atoms with van der Waals surface area (Å²) in [5.41, 5.74) is 0.449. The van der Waals surface area contributed by atoms with Crippen molar-refractivity contribution in [3.05, 3.63) is 47.5 Å². The molecule has 0 saturated carbocycles. The number of aryl methyl sites for hydroxylation is 1. The molecule has 23 heavy (non-hydrogen) atoms. The van der Waals surface area contributed by atoms with Gasteiger partial charge in [-0.3, -0.25) is 9.59 Å². The first-order valence-corrected chi connectivity index (χ1v) is 7.04. The smallest absolute Gasteiger partial charge is 0.310 e. The topological polar surface area (TPSA) is 84.2 Å². The molecule has 0 aliphatic carbocycles. The van der Waals surface area contributed by atoms with E-state index in [1.54, 1.807) is 19.2 Å². The Bertz CT molecular complexity index is 753. The zero-order valence-electron chi connectivity index (χ0n) is 13.1. The van der Waals surface area contributed by atoms with Crippen LogP contribution < -0.4 is 5.32 Å². The predicted molar refractivity (Wildman–Crippen MR) is 82.0 cm³/mol. The summed E-state index contributed by atoms with van der Waals surface area (Å²) >= 11 is 0. The summed E-state index contributed by atoms with van der Waals surface area (Å²) in [6, 6.07) is 5.80. The van der Waals surface area contributed by atoms with Gasteiger partial charge in [-0.1, -0.05) is 0 Å². The Balaban J connectivity index is 2.13. The average molecular weight is 319 g/mol. The van der Waals surface area contributed by atoms with Crippen LogP contribution in [0.1, 0.15) is 29.9 Å². The number of halogens is 1. The largest absolute Gasteiger partial charge is 0.481 e. The lowest BCUT2D eigenvalue weighted by Crippen LogP contribution is -2.39. The van der Waals surface area contributed by atoms with Gasteiger partial charge in [-0.2, -0.15) is 5.10 Å². The first kappa shape index (κ1) is 16.7. The molecule has 0 unspecified atom stereocenters. The summed E-state index contributed by atoms with van der Waals surface area (Å²) < 4.78 is 14.6. The molecule has 1 amide bonds. The Kier molecular flexibility index (Phi) is 4.49. The number of hydrogen-bond donors (Lipinski definition) is 2. The standard InChI is InChI=1S/C16H18FN3O3/c1-10-8-11(17)4-5-13(10)20-7-6-12(19-20)14(21)18-9-16(2,3)15(22)23/h4-8H,9H2,1-3H3,(H,18,21)(H,22,23). The van der Waals surface area contributed by atoms with Crippen molar-refractivity contribution in [2.45, 2.75) is 20.8 Å². The second-order valence-corrected chi connectivity index (χ2v) is 5.95. The van der Waals surface area contributed by atoms with Crippen molar-refractivity contribution in [1.82, 2.24) is 15.1 Å². The van der Waals surface area contributed by atoms with Crippen molar-refractivity contribution < 1.29 is 19.1 Å². The summed E-state index contributed by atoms with van der Waals surface area (Å²) in [4.78, 5) is 23.1. The lowest BCUT2D eigenvalue weighted by molar-refractivity contribution is -0.146. The van der Waals surface area contributed by atoms with Crippen LogP contribution >= 0.6 is 0 Å². The highest BCUT2D eigenvalue weighted by atomic mass is 19.1. The van der Waals surface area contributed by atoms with Crippen molar-refractivity contribution in [2.24, 2.45) is 5.41 Å². The summed E-state index contributed by atoms with van der Waals surface area (Å²) in [5, 5.41) is 15.7. The highest BCUT2D eigenvalue weighted by Crippen LogP contribution is 2.16. The quantitative estimate of drug-likeness (QED) is 0.884. The van der Waals surface area contributed by atoms with Gasteiger partial charge in [-0.15, -0.1) is 0 Å². The van der Waals surface area contributed by atoms with Crippen LogP contribution in [0.5, 0.6) is 0 Å². The van der Waals surface area contributed by atoms with E-state index >= 15 is 0 Å². The second-order valence-electron chi connectivity index (χ2n) is 5.95. The van der Waals surface area contributed by atoms with E-state index in [4.69, 9.17) is 5.11 Å². The van der Waals surface area contributed by atoms with E-state index in [9.17, 15) is 14.0 Å². The van der Waals surface area contributed by atoms with Crippen molar-refractivity contribution in [3.63, 3.8) is 0 Å². The minimum Gasteiger partial charge on any atom is -0.481 e. The maximum Gasteiger partial charge on any atom is 0.310 e. The fourth-order valence-electron chi connectivity index (χ4n) is 1.92. The van der Waals surface area contributed by atoms with E-state index in [1.165, 1.54) is 36.7 Å². The number of nitrogens with one attached hydrogen (secondary N) is 1. The third-order valence-electron chi connectivity index (χ3n) is 3.50. The van der Waals surface area contributed by atoms with Gasteiger partial charge < -0.3 is 10.4 Å². The Morgan fingerprint density at radius 1 is 1.35 bits per heavy atom. The molecule has 0 spiro atoms. The van der Waals surface area contributed by atoms with Crippen LogP contribution in [-0.4, -0.2) is 33.3 Å². The van der Waals surface area contributed by atoms with E-state index in [-0.39, 0.29) is 18.1 Å². The van der Waals surface area contributed by atoms with E-state index in [0.29, 0.717) is 11.3 Å². The molecule has 2 rings (SSSR count). The molecule has 0 saturated heterocycles. The SMILES string of the molecule is Cc1cc(F)ccc1-n1ccc(C(=O)NCC(C)(C)C(=O)O)n1. The zero-order chi connectivity index (χ0) is 17.2. The Morgan fingerprint density at radius 3 is 2.65 bits per heavy atom. The maximum absolute atomic E-state index is 13.1. The fourth-order valence-corrected chi connectivity index (χ4v) is 1.92. The minimum atomic E-state index is -1.06. The molecule has 1 aromatic carbocycles. The monoisotopic (exact) mass is 319 g/mol. The van der Waals surface area contributed by atoms with Crippen LogP contribution in [0.3, 0.4) is 0 Å². The van der Waals surface area contributed by atoms with E-state index in [0.717, 1.165) is 0 Å². The molecule has 122 valence electrons. The van der Waals surface area contributed by atoms with E-state index in [1.807, 2.05) is 0 Å². The van der Waals surface area contributed by atoms with Crippen LogP contribution in [0.15, 0.2) is 30.5 Å². The van der Waals surface area contributed by atoms with Crippen molar-refractivity contribution >= 4 is 11.9 Å². The molecule has 1 aromatic heterocycles. The van der Waals surface area contributed by atoms with Gasteiger partial charge >= 0.3 is 5.97 Å². The number of carbonyl (C=O) groups is 2. The third-order valence-corrected chi connectivity index (χ3v) is 3.50. The van der Waals surface area contributed by atoms with Crippen LogP contribution in [0.25, 0.3) is 5.69 Å². The molecule has 2 aromatic rings. The molecule has 0 fully saturated rings. The first-order valence-electron chi connectivity index (χ1n) is 7.04. The molecule has 0 aliphatic heterocycles. The number of nitrogens with zero attached hydrogens (tertiary/aromatic N) is 2. The van der Waals surface area contributed by atoms with Gasteiger partial charge in [0.1, 0.15) is 5.82 Å². The molecule has 2 N–H and O–H groups in total. The van der Waals surface area contributed by atoms with E-state index < -0.39 is 17.3 Å². The number of carbonyl (C=O) groups excluding carboxylic acids is 1. The minimum absolute atomic E-state index is 0.0103. The lowest BCUT2D eigenvalue weighted by atomic mass is 9.94. The summed E-state index contributed by atoms with van der Waals surface area (Å²) in [7, 11) is 0. The second kappa shape index (κ2) is 6.20. The highest BCUT2D eigenvalue weighted by molar-refractivity contribution is 5.92. The number of carboxylic acid groups (broad SMARTS) is 1. The van der Waals surface area contributed by atoms with Gasteiger partial charge in [0.15, 0.2) is 5.69 Å². The van der Waals surface area contributed by atoms with Crippen LogP contribution in [-0.2, 0) is 4.79 Å². The summed E-state index contributed by atoms with van der Waals surface area (Å²) in [6.45, 7) is 4.78. The first-order chi connectivity index (χ1) is 10.7. The van der Waals surface area contributed by atoms with Gasteiger partial charge in [0.2, 0.25) is 0 Å². The van der Waals surface area contributed by atoms with Gasteiger partial charge in [0, 0.05) is 12.7 Å². The molecule has 0 atom stereocenters. The molecule has 1 heterocycles.